The van der Waals surface area contributed by atoms with Crippen LogP contribution in [0.15, 0.2) is 121 Å². The lowest BCUT2D eigenvalue weighted by atomic mass is 9.85. The number of allylic oxidation sites excluding steroid dienone is 4. The van der Waals surface area contributed by atoms with E-state index in [4.69, 9.17) is 0 Å². The summed E-state index contributed by atoms with van der Waals surface area (Å²) in [5, 5.41) is 0. The first-order valence-corrected chi connectivity index (χ1v) is 10.0. The summed E-state index contributed by atoms with van der Waals surface area (Å²) >= 11 is 0. The molecule has 0 heterocycles. The molecule has 0 amide bonds. The van der Waals surface area contributed by atoms with Gasteiger partial charge in [0.25, 0.3) is 0 Å². The Kier molecular flexibility index (Phi) is 4.68. The van der Waals surface area contributed by atoms with Crippen molar-refractivity contribution in [3.8, 4) is 0 Å². The van der Waals surface area contributed by atoms with Gasteiger partial charge in [0.2, 0.25) is 0 Å². The van der Waals surface area contributed by atoms with E-state index in [9.17, 15) is 0 Å². The summed E-state index contributed by atoms with van der Waals surface area (Å²) in [6.45, 7) is 0. The predicted molar refractivity (Wildman–Crippen MR) is 122 cm³/mol. The quantitative estimate of drug-likeness (QED) is 0.354. The van der Waals surface area contributed by atoms with Gasteiger partial charge in [-0.15, -0.1) is 0 Å². The lowest BCUT2D eigenvalue weighted by Crippen LogP contribution is -1.98. The summed E-state index contributed by atoms with van der Waals surface area (Å²) in [6.07, 6.45) is 3.86. The van der Waals surface area contributed by atoms with Gasteiger partial charge in [0, 0.05) is 5.92 Å². The second kappa shape index (κ2) is 7.77. The predicted octanol–water partition coefficient (Wildman–Crippen LogP) is 7.28. The Morgan fingerprint density at radius 3 is 1.45 bits per heavy atom. The Balaban J connectivity index is 1.81. The number of benzene rings is 4. The molecule has 1 unspecified atom stereocenters. The van der Waals surface area contributed by atoms with Crippen LogP contribution in [0.1, 0.15) is 28.2 Å². The molecule has 0 aromatic heterocycles. The van der Waals surface area contributed by atoms with Crippen LogP contribution in [-0.2, 0) is 0 Å². The van der Waals surface area contributed by atoms with Crippen molar-refractivity contribution < 1.29 is 0 Å². The lowest BCUT2D eigenvalue weighted by Gasteiger charge is -2.17. The molecule has 29 heavy (non-hydrogen) atoms. The molecule has 0 bridgehead atoms. The van der Waals surface area contributed by atoms with E-state index in [0.717, 1.165) is 0 Å². The molecule has 4 aromatic carbocycles. The molecule has 1 radical (unpaired) electrons. The number of hydrogen-bond donors (Lipinski definition) is 0. The maximum atomic E-state index is 3.86. The van der Waals surface area contributed by atoms with Crippen LogP contribution in [0.5, 0.6) is 0 Å². The molecule has 4 aromatic rings. The average molecular weight is 369 g/mol. The third-order valence-corrected chi connectivity index (χ3v) is 5.44. The molecule has 0 spiro atoms. The maximum absolute atomic E-state index is 3.86. The van der Waals surface area contributed by atoms with Crippen molar-refractivity contribution in [2.24, 2.45) is 0 Å². The van der Waals surface area contributed by atoms with Crippen LogP contribution in [0.25, 0.3) is 16.7 Å². The average Bonchev–Trinajstić information content (AvgIpc) is 3.22. The van der Waals surface area contributed by atoms with Gasteiger partial charge in [0.15, 0.2) is 0 Å². The van der Waals surface area contributed by atoms with E-state index < -0.39 is 0 Å². The minimum atomic E-state index is 0.101. The highest BCUT2D eigenvalue weighted by atomic mass is 14.3. The Hall–Kier alpha value is -3.64. The zero-order valence-electron chi connectivity index (χ0n) is 16.1. The van der Waals surface area contributed by atoms with Gasteiger partial charge in [0.1, 0.15) is 0 Å². The van der Waals surface area contributed by atoms with E-state index in [-0.39, 0.29) is 5.92 Å². The second-order valence-corrected chi connectivity index (χ2v) is 7.25. The van der Waals surface area contributed by atoms with Crippen molar-refractivity contribution in [1.82, 2.24) is 0 Å². The summed E-state index contributed by atoms with van der Waals surface area (Å²) < 4.78 is 0. The van der Waals surface area contributed by atoms with Crippen LogP contribution < -0.4 is 0 Å². The first-order valence-electron chi connectivity index (χ1n) is 10.0. The third kappa shape index (κ3) is 3.34. The first-order chi connectivity index (χ1) is 14.4. The van der Waals surface area contributed by atoms with Gasteiger partial charge >= 0.3 is 0 Å². The fourth-order valence-corrected chi connectivity index (χ4v) is 4.13. The smallest absolute Gasteiger partial charge is 0.0361 e. The molecule has 1 atom stereocenters. The van der Waals surface area contributed by atoms with Crippen LogP contribution in [0.4, 0.5) is 0 Å². The van der Waals surface area contributed by atoms with Crippen molar-refractivity contribution in [2.45, 2.75) is 5.92 Å². The second-order valence-electron chi connectivity index (χ2n) is 7.25. The molecule has 1 aliphatic rings. The zero-order chi connectivity index (χ0) is 19.5. The van der Waals surface area contributed by atoms with Gasteiger partial charge in [-0.25, -0.2) is 0 Å². The molecule has 0 fully saturated rings. The molecule has 5 rings (SSSR count). The van der Waals surface area contributed by atoms with Gasteiger partial charge in [-0.2, -0.15) is 0 Å². The minimum Gasteiger partial charge on any atom is -0.0622 e. The van der Waals surface area contributed by atoms with Gasteiger partial charge < -0.3 is 0 Å². The molecular weight excluding hydrogens is 348 g/mol. The Bertz CT molecular complexity index is 1150. The Labute approximate surface area is 172 Å². The van der Waals surface area contributed by atoms with E-state index in [1.165, 1.54) is 39.0 Å². The van der Waals surface area contributed by atoms with Gasteiger partial charge in [-0.05, 0) is 45.0 Å². The highest BCUT2D eigenvalue weighted by Crippen LogP contribution is 2.50. The molecular formula is C29H21. The van der Waals surface area contributed by atoms with E-state index in [0.29, 0.717) is 0 Å². The van der Waals surface area contributed by atoms with Crippen LogP contribution in [0, 0.1) is 6.08 Å². The molecule has 0 nitrogen and oxygen atoms in total. The van der Waals surface area contributed by atoms with E-state index >= 15 is 0 Å². The van der Waals surface area contributed by atoms with Crippen LogP contribution in [0.2, 0.25) is 0 Å². The monoisotopic (exact) mass is 369 g/mol. The van der Waals surface area contributed by atoms with Gasteiger partial charge in [-0.3, -0.25) is 0 Å². The topological polar surface area (TPSA) is 0 Å². The Morgan fingerprint density at radius 2 is 0.897 bits per heavy atom. The van der Waals surface area contributed by atoms with Gasteiger partial charge in [0.05, 0.1) is 0 Å². The lowest BCUT2D eigenvalue weighted by molar-refractivity contribution is 1.09. The molecule has 137 valence electrons. The number of rotatable bonds is 4. The molecule has 1 aliphatic carbocycles. The summed E-state index contributed by atoms with van der Waals surface area (Å²) in [5.74, 6) is 0.101. The van der Waals surface area contributed by atoms with Crippen molar-refractivity contribution in [3.05, 3.63) is 150 Å². The first kappa shape index (κ1) is 17.5. The van der Waals surface area contributed by atoms with E-state index in [2.05, 4.69) is 127 Å². The highest BCUT2D eigenvalue weighted by Gasteiger charge is 2.30. The fraction of sp³-hybridized carbons (Fsp3) is 0.0345. The fourth-order valence-electron chi connectivity index (χ4n) is 4.13. The summed E-state index contributed by atoms with van der Waals surface area (Å²) in [6, 6.07) is 42.8. The molecule has 0 N–H and O–H groups in total. The summed E-state index contributed by atoms with van der Waals surface area (Å²) in [5.41, 5.74) is 8.74. The number of hydrogen-bond acceptors (Lipinski definition) is 0. The van der Waals surface area contributed by atoms with Crippen LogP contribution in [-0.4, -0.2) is 0 Å². The van der Waals surface area contributed by atoms with Crippen molar-refractivity contribution in [2.75, 3.05) is 0 Å². The summed E-state index contributed by atoms with van der Waals surface area (Å²) in [4.78, 5) is 0. The van der Waals surface area contributed by atoms with Crippen molar-refractivity contribution >= 4 is 16.7 Å². The summed E-state index contributed by atoms with van der Waals surface area (Å²) in [7, 11) is 0. The molecule has 0 saturated carbocycles. The molecule has 0 saturated heterocycles. The van der Waals surface area contributed by atoms with Crippen molar-refractivity contribution in [1.29, 1.82) is 0 Å². The van der Waals surface area contributed by atoms with Crippen LogP contribution >= 0.6 is 0 Å². The van der Waals surface area contributed by atoms with Crippen LogP contribution in [0.3, 0.4) is 0 Å². The van der Waals surface area contributed by atoms with Gasteiger partial charge in [-0.1, -0.05) is 121 Å². The SMILES string of the molecule is [C]1=C(c2ccccc2)C(c2ccccc2)=C(c2ccccc2)C1c1ccccc1. The standard InChI is InChI=1S/C29H21/c1-5-13-22(14-6-1)26-21-27(23-15-7-2-8-16-23)29(25-19-11-4-12-20-25)28(26)24-17-9-3-10-18-24/h1-20,26H. The normalized spacial score (nSPS) is 16.0. The van der Waals surface area contributed by atoms with E-state index in [1.807, 2.05) is 0 Å². The maximum Gasteiger partial charge on any atom is 0.0361 e. The minimum absolute atomic E-state index is 0.101. The largest absolute Gasteiger partial charge is 0.0622 e. The molecule has 0 heteroatoms. The molecule has 0 aliphatic heterocycles. The zero-order valence-corrected chi connectivity index (χ0v) is 16.1. The Morgan fingerprint density at radius 1 is 0.448 bits per heavy atom. The van der Waals surface area contributed by atoms with E-state index in [1.54, 1.807) is 0 Å². The van der Waals surface area contributed by atoms with Crippen molar-refractivity contribution in [3.63, 3.8) is 0 Å². The highest BCUT2D eigenvalue weighted by molar-refractivity contribution is 6.18. The third-order valence-electron chi connectivity index (χ3n) is 5.44.